The number of hydrogen-bond acceptors (Lipinski definition) is 4. The molecule has 0 aromatic rings. The second-order valence-corrected chi connectivity index (χ2v) is 5.81. The zero-order valence-corrected chi connectivity index (χ0v) is 14.1. The van der Waals surface area contributed by atoms with Gasteiger partial charge < -0.3 is 14.2 Å². The molecule has 0 bridgehead atoms. The van der Waals surface area contributed by atoms with E-state index in [1.54, 1.807) is 0 Å². The third-order valence-corrected chi connectivity index (χ3v) is 3.87. The minimum absolute atomic E-state index is 0.0344. The van der Waals surface area contributed by atoms with Crippen LogP contribution in [0.1, 0.15) is 70.6 Å². The van der Waals surface area contributed by atoms with Crippen LogP contribution in [0.4, 0.5) is 0 Å². The molecule has 1 rings (SSSR count). The first-order chi connectivity index (χ1) is 10.8. The van der Waals surface area contributed by atoms with E-state index in [0.29, 0.717) is 6.42 Å². The monoisotopic (exact) mass is 312 g/mol. The summed E-state index contributed by atoms with van der Waals surface area (Å²) in [5.41, 5.74) is 0. The number of carbonyl (C=O) groups excluding carboxylic acids is 1. The maximum absolute atomic E-state index is 10.9. The quantitative estimate of drug-likeness (QED) is 0.305. The normalized spacial score (nSPS) is 18.7. The van der Waals surface area contributed by atoms with Crippen molar-refractivity contribution >= 4 is 5.97 Å². The number of esters is 1. The van der Waals surface area contributed by atoms with E-state index >= 15 is 0 Å². The smallest absolute Gasteiger partial charge is 0.305 e. The minimum Gasteiger partial charge on any atom is -0.469 e. The highest BCUT2D eigenvalue weighted by molar-refractivity contribution is 5.68. The van der Waals surface area contributed by atoms with Crippen molar-refractivity contribution in [3.05, 3.63) is 12.2 Å². The molecule has 1 aliphatic heterocycles. The van der Waals surface area contributed by atoms with Crippen molar-refractivity contribution in [1.29, 1.82) is 0 Å². The summed E-state index contributed by atoms with van der Waals surface area (Å²) in [4.78, 5) is 10.9. The Morgan fingerprint density at radius 3 is 2.64 bits per heavy atom. The lowest BCUT2D eigenvalue weighted by Crippen LogP contribution is -2.22. The molecule has 0 aromatic carbocycles. The number of unbranched alkanes of at least 4 members (excludes halogenated alkanes) is 5. The average Bonchev–Trinajstić information content (AvgIpc) is 2.56. The zero-order valence-electron chi connectivity index (χ0n) is 14.1. The SMILES string of the molecule is COC(=O)CCCCCCC/C=C\CCO[C@@H]1CCCCO1. The van der Waals surface area contributed by atoms with Gasteiger partial charge in [-0.25, -0.2) is 0 Å². The predicted octanol–water partition coefficient (Wildman–Crippen LogP) is 4.38. The van der Waals surface area contributed by atoms with Gasteiger partial charge >= 0.3 is 5.97 Å². The fourth-order valence-electron chi connectivity index (χ4n) is 2.51. The zero-order chi connectivity index (χ0) is 15.9. The summed E-state index contributed by atoms with van der Waals surface area (Å²) >= 11 is 0. The molecule has 4 heteroatoms. The Balaban J connectivity index is 1.79. The van der Waals surface area contributed by atoms with Crippen molar-refractivity contribution in [3.63, 3.8) is 0 Å². The standard InChI is InChI=1S/C18H32O4/c1-20-17(19)13-9-7-5-3-2-4-6-8-11-15-21-18-14-10-12-16-22-18/h6,8,18H,2-5,7,9-16H2,1H3/b8-6-/t18-/m0/s1. The molecule has 0 unspecified atom stereocenters. The van der Waals surface area contributed by atoms with Gasteiger partial charge in [0, 0.05) is 13.0 Å². The van der Waals surface area contributed by atoms with Crippen molar-refractivity contribution in [3.8, 4) is 0 Å². The maximum atomic E-state index is 10.9. The summed E-state index contributed by atoms with van der Waals surface area (Å²) < 4.78 is 15.8. The number of rotatable bonds is 12. The van der Waals surface area contributed by atoms with Gasteiger partial charge in [0.05, 0.1) is 13.7 Å². The first-order valence-electron chi connectivity index (χ1n) is 8.78. The highest BCUT2D eigenvalue weighted by Crippen LogP contribution is 2.14. The fraction of sp³-hybridized carbons (Fsp3) is 0.833. The molecule has 0 spiro atoms. The molecule has 1 heterocycles. The van der Waals surface area contributed by atoms with Crippen molar-refractivity contribution < 1.29 is 19.0 Å². The molecule has 1 saturated heterocycles. The topological polar surface area (TPSA) is 44.8 Å². The number of allylic oxidation sites excluding steroid dienone is 1. The third kappa shape index (κ3) is 10.8. The van der Waals surface area contributed by atoms with Crippen LogP contribution in [-0.2, 0) is 19.0 Å². The number of hydrogen-bond donors (Lipinski definition) is 0. The van der Waals surface area contributed by atoms with E-state index < -0.39 is 0 Å². The Morgan fingerprint density at radius 1 is 1.09 bits per heavy atom. The van der Waals surface area contributed by atoms with Crippen LogP contribution in [0.15, 0.2) is 12.2 Å². The van der Waals surface area contributed by atoms with Crippen molar-refractivity contribution in [2.45, 2.75) is 76.9 Å². The van der Waals surface area contributed by atoms with Crippen LogP contribution >= 0.6 is 0 Å². The lowest BCUT2D eigenvalue weighted by Gasteiger charge is -2.22. The largest absolute Gasteiger partial charge is 0.469 e. The van der Waals surface area contributed by atoms with E-state index in [1.165, 1.54) is 39.2 Å². The third-order valence-electron chi connectivity index (χ3n) is 3.87. The van der Waals surface area contributed by atoms with E-state index in [1.807, 2.05) is 0 Å². The molecule has 4 nitrogen and oxygen atoms in total. The first kappa shape index (κ1) is 19.2. The molecule has 128 valence electrons. The van der Waals surface area contributed by atoms with Crippen molar-refractivity contribution in [2.24, 2.45) is 0 Å². The Hall–Kier alpha value is -0.870. The predicted molar refractivity (Wildman–Crippen MR) is 87.6 cm³/mol. The van der Waals surface area contributed by atoms with E-state index in [9.17, 15) is 4.79 Å². The van der Waals surface area contributed by atoms with Gasteiger partial charge in [-0.05, 0) is 44.9 Å². The Bertz CT molecular complexity index is 295. The van der Waals surface area contributed by atoms with E-state index in [4.69, 9.17) is 9.47 Å². The molecule has 0 radical (unpaired) electrons. The first-order valence-corrected chi connectivity index (χ1v) is 8.78. The van der Waals surface area contributed by atoms with Crippen LogP contribution in [0.2, 0.25) is 0 Å². The van der Waals surface area contributed by atoms with Gasteiger partial charge in [-0.2, -0.15) is 0 Å². The van der Waals surface area contributed by atoms with Crippen LogP contribution in [0, 0.1) is 0 Å². The molecule has 1 aliphatic rings. The molecule has 0 aliphatic carbocycles. The van der Waals surface area contributed by atoms with Crippen LogP contribution in [-0.4, -0.2) is 32.6 Å². The lowest BCUT2D eigenvalue weighted by atomic mass is 10.1. The molecular formula is C18H32O4. The van der Waals surface area contributed by atoms with Gasteiger partial charge in [-0.15, -0.1) is 0 Å². The van der Waals surface area contributed by atoms with Gasteiger partial charge in [-0.1, -0.05) is 31.4 Å². The van der Waals surface area contributed by atoms with Crippen LogP contribution in [0.25, 0.3) is 0 Å². The van der Waals surface area contributed by atoms with E-state index in [2.05, 4.69) is 16.9 Å². The molecular weight excluding hydrogens is 280 g/mol. The summed E-state index contributed by atoms with van der Waals surface area (Å²) in [5.74, 6) is -0.0937. The molecule has 0 saturated carbocycles. The summed E-state index contributed by atoms with van der Waals surface area (Å²) in [6.07, 6.45) is 16.3. The van der Waals surface area contributed by atoms with Crippen molar-refractivity contribution in [2.75, 3.05) is 20.3 Å². The Morgan fingerprint density at radius 2 is 1.86 bits per heavy atom. The molecule has 0 N–H and O–H groups in total. The van der Waals surface area contributed by atoms with Gasteiger partial charge in [-0.3, -0.25) is 4.79 Å². The Labute approximate surface area is 135 Å². The van der Waals surface area contributed by atoms with Gasteiger partial charge in [0.25, 0.3) is 0 Å². The molecule has 0 aromatic heterocycles. The molecule has 1 fully saturated rings. The lowest BCUT2D eigenvalue weighted by molar-refractivity contribution is -0.161. The summed E-state index contributed by atoms with van der Waals surface area (Å²) in [5, 5.41) is 0. The summed E-state index contributed by atoms with van der Waals surface area (Å²) in [7, 11) is 1.45. The second-order valence-electron chi connectivity index (χ2n) is 5.81. The highest BCUT2D eigenvalue weighted by Gasteiger charge is 2.12. The molecule has 0 amide bonds. The fourth-order valence-corrected chi connectivity index (χ4v) is 2.51. The number of methoxy groups -OCH3 is 1. The maximum Gasteiger partial charge on any atom is 0.305 e. The minimum atomic E-state index is -0.0937. The van der Waals surface area contributed by atoms with Gasteiger partial charge in [0.15, 0.2) is 6.29 Å². The second kappa shape index (κ2) is 13.8. The number of ether oxygens (including phenoxy) is 3. The number of carbonyl (C=O) groups is 1. The van der Waals surface area contributed by atoms with Crippen molar-refractivity contribution in [1.82, 2.24) is 0 Å². The highest BCUT2D eigenvalue weighted by atomic mass is 16.7. The van der Waals surface area contributed by atoms with Crippen LogP contribution in [0.5, 0.6) is 0 Å². The Kier molecular flexibility index (Phi) is 12.0. The summed E-state index contributed by atoms with van der Waals surface area (Å²) in [6.45, 7) is 1.61. The van der Waals surface area contributed by atoms with Gasteiger partial charge in [0.1, 0.15) is 0 Å². The molecule has 22 heavy (non-hydrogen) atoms. The average molecular weight is 312 g/mol. The van der Waals surface area contributed by atoms with E-state index in [0.717, 1.165) is 45.3 Å². The van der Waals surface area contributed by atoms with Gasteiger partial charge in [0.2, 0.25) is 0 Å². The van der Waals surface area contributed by atoms with Crippen LogP contribution in [0.3, 0.4) is 0 Å². The summed E-state index contributed by atoms with van der Waals surface area (Å²) in [6, 6.07) is 0. The van der Waals surface area contributed by atoms with Crippen LogP contribution < -0.4 is 0 Å². The molecule has 1 atom stereocenters. The van der Waals surface area contributed by atoms with E-state index in [-0.39, 0.29) is 12.3 Å².